The molecule has 0 aromatic carbocycles. The Bertz CT molecular complexity index is 743. The molecule has 0 saturated carbocycles. The van der Waals surface area contributed by atoms with Crippen molar-refractivity contribution in [2.24, 2.45) is 0 Å². The van der Waals surface area contributed by atoms with E-state index in [0.717, 1.165) is 0 Å². The molecule has 0 amide bonds. The minimum absolute atomic E-state index is 0.149. The van der Waals surface area contributed by atoms with Gasteiger partial charge in [0.25, 0.3) is 0 Å². The lowest BCUT2D eigenvalue weighted by atomic mass is 10.2. The van der Waals surface area contributed by atoms with Crippen LogP contribution in [-0.2, 0) is 11.0 Å². The van der Waals surface area contributed by atoms with Gasteiger partial charge in [0.15, 0.2) is 11.0 Å². The Morgan fingerprint density at radius 1 is 1.43 bits per heavy atom. The van der Waals surface area contributed by atoms with Crippen molar-refractivity contribution in [2.75, 3.05) is 0 Å². The third kappa shape index (κ3) is 3.76. The van der Waals surface area contributed by atoms with Crippen LogP contribution in [-0.4, -0.2) is 28.9 Å². The van der Waals surface area contributed by atoms with Crippen molar-refractivity contribution < 1.29 is 8.60 Å². The first-order chi connectivity index (χ1) is 10.6. The van der Waals surface area contributed by atoms with Gasteiger partial charge in [-0.25, -0.2) is 23.0 Å². The van der Waals surface area contributed by atoms with Crippen LogP contribution in [0.5, 0.6) is 0 Å². The molecule has 0 aliphatic rings. The number of rotatable bonds is 4. The number of halogens is 2. The highest BCUT2D eigenvalue weighted by Gasteiger charge is 2.26. The zero-order valence-electron chi connectivity index (χ0n) is 13.6. The lowest BCUT2D eigenvalue weighted by molar-refractivity contribution is 0.577. The van der Waals surface area contributed by atoms with Crippen LogP contribution in [0.4, 0.5) is 4.39 Å². The lowest BCUT2D eigenvalue weighted by Gasteiger charge is -2.22. The first-order valence-corrected chi connectivity index (χ1v) is 8.56. The molecule has 1 N–H and O–H groups in total. The summed E-state index contributed by atoms with van der Waals surface area (Å²) in [6, 6.07) is 1.11. The number of aryl methyl sites for hydroxylation is 1. The molecule has 2 aromatic rings. The lowest BCUT2D eigenvalue weighted by Crippen LogP contribution is -2.35. The largest absolute Gasteiger partial charge is 0.242 e. The van der Waals surface area contributed by atoms with Gasteiger partial charge in [-0.3, -0.25) is 0 Å². The van der Waals surface area contributed by atoms with Crippen LogP contribution in [0.15, 0.2) is 12.3 Å². The predicted molar refractivity (Wildman–Crippen MR) is 88.3 cm³/mol. The maximum atomic E-state index is 14.2. The molecule has 0 aliphatic carbocycles. The van der Waals surface area contributed by atoms with E-state index in [-0.39, 0.29) is 16.9 Å². The van der Waals surface area contributed by atoms with Gasteiger partial charge in [0.2, 0.25) is 0 Å². The normalized spacial score (nSPS) is 14.7. The monoisotopic (exact) mass is 359 g/mol. The van der Waals surface area contributed by atoms with Crippen LogP contribution in [0.1, 0.15) is 45.1 Å². The standard InChI is InChI=1S/C14H19ClFN5OS/c1-8-12(9(2)19-23(22)14(3,4)5)21(20-18-8)10-6-7-17-13(15)11(10)16/h6-7,9,19H,1-5H3. The number of aromatic nitrogens is 4. The Hall–Kier alpha value is -1.38. The fraction of sp³-hybridized carbons (Fsp3) is 0.500. The van der Waals surface area contributed by atoms with E-state index < -0.39 is 21.5 Å². The highest BCUT2D eigenvalue weighted by Crippen LogP contribution is 2.25. The van der Waals surface area contributed by atoms with Gasteiger partial charge >= 0.3 is 0 Å². The van der Waals surface area contributed by atoms with E-state index in [1.165, 1.54) is 16.9 Å². The van der Waals surface area contributed by atoms with Gasteiger partial charge < -0.3 is 0 Å². The fourth-order valence-corrected chi connectivity index (χ4v) is 2.94. The molecule has 2 aromatic heterocycles. The second-order valence-electron chi connectivity index (χ2n) is 6.13. The third-order valence-electron chi connectivity index (χ3n) is 3.19. The topological polar surface area (TPSA) is 72.7 Å². The van der Waals surface area contributed by atoms with Gasteiger partial charge in [-0.2, -0.15) is 0 Å². The number of hydrogen-bond acceptors (Lipinski definition) is 4. The van der Waals surface area contributed by atoms with Crippen molar-refractivity contribution in [3.8, 4) is 5.69 Å². The van der Waals surface area contributed by atoms with E-state index in [9.17, 15) is 8.60 Å². The van der Waals surface area contributed by atoms with Gasteiger partial charge in [0.1, 0.15) is 5.69 Å². The summed E-state index contributed by atoms with van der Waals surface area (Å²) in [5.41, 5.74) is 1.38. The van der Waals surface area contributed by atoms with Crippen molar-refractivity contribution in [2.45, 2.75) is 45.4 Å². The summed E-state index contributed by atoms with van der Waals surface area (Å²) < 4.78 is 30.5. The van der Waals surface area contributed by atoms with E-state index in [1.807, 2.05) is 27.7 Å². The van der Waals surface area contributed by atoms with Crippen molar-refractivity contribution in [3.63, 3.8) is 0 Å². The number of pyridine rings is 1. The summed E-state index contributed by atoms with van der Waals surface area (Å²) in [6.07, 6.45) is 1.40. The summed E-state index contributed by atoms with van der Waals surface area (Å²) in [4.78, 5) is 3.69. The number of nitrogens with one attached hydrogen (secondary N) is 1. The molecule has 2 unspecified atom stereocenters. The number of nitrogens with zero attached hydrogens (tertiary/aromatic N) is 4. The second kappa shape index (κ2) is 6.62. The Morgan fingerprint density at radius 2 is 2.09 bits per heavy atom. The smallest absolute Gasteiger partial charge is 0.186 e. The number of hydrogen-bond donors (Lipinski definition) is 1. The molecule has 0 saturated heterocycles. The molecule has 6 nitrogen and oxygen atoms in total. The van der Waals surface area contributed by atoms with Gasteiger partial charge in [0, 0.05) is 6.20 Å². The Morgan fingerprint density at radius 3 is 2.70 bits per heavy atom. The van der Waals surface area contributed by atoms with Gasteiger partial charge in [-0.1, -0.05) is 16.8 Å². The van der Waals surface area contributed by atoms with Crippen molar-refractivity contribution in [3.05, 3.63) is 34.6 Å². The molecular weight excluding hydrogens is 341 g/mol. The molecule has 23 heavy (non-hydrogen) atoms. The summed E-state index contributed by atoms with van der Waals surface area (Å²) in [5.74, 6) is -0.676. The summed E-state index contributed by atoms with van der Waals surface area (Å²) in [7, 11) is -1.29. The van der Waals surface area contributed by atoms with Crippen molar-refractivity contribution >= 4 is 22.6 Å². The molecule has 0 spiro atoms. The van der Waals surface area contributed by atoms with Gasteiger partial charge in [-0.05, 0) is 40.7 Å². The molecular formula is C14H19ClFN5OS. The SMILES string of the molecule is Cc1nnn(-c2ccnc(Cl)c2F)c1C(C)NS(=O)C(C)(C)C. The maximum Gasteiger partial charge on any atom is 0.186 e. The van der Waals surface area contributed by atoms with Crippen LogP contribution in [0.3, 0.4) is 0 Å². The Labute approximate surface area is 142 Å². The molecule has 126 valence electrons. The fourth-order valence-electron chi connectivity index (χ4n) is 2.00. The van der Waals surface area contributed by atoms with Crippen LogP contribution in [0, 0.1) is 12.7 Å². The van der Waals surface area contributed by atoms with E-state index in [4.69, 9.17) is 11.6 Å². The molecule has 2 atom stereocenters. The summed E-state index contributed by atoms with van der Waals surface area (Å²) in [6.45, 7) is 9.19. The van der Waals surface area contributed by atoms with E-state index in [1.54, 1.807) is 6.92 Å². The minimum Gasteiger partial charge on any atom is -0.242 e. The maximum absolute atomic E-state index is 14.2. The van der Waals surface area contributed by atoms with Crippen LogP contribution in [0.2, 0.25) is 5.15 Å². The van der Waals surface area contributed by atoms with Crippen LogP contribution in [0.25, 0.3) is 5.69 Å². The van der Waals surface area contributed by atoms with E-state index in [0.29, 0.717) is 11.4 Å². The molecule has 2 heterocycles. The molecule has 0 fully saturated rings. The van der Waals surface area contributed by atoms with Crippen molar-refractivity contribution in [1.29, 1.82) is 0 Å². The summed E-state index contributed by atoms with van der Waals surface area (Å²) in [5, 5.41) is 7.74. The predicted octanol–water partition coefficient (Wildman–Crippen LogP) is 2.88. The molecule has 0 radical (unpaired) electrons. The Balaban J connectivity index is 2.43. The van der Waals surface area contributed by atoms with Gasteiger partial charge in [0.05, 0.1) is 33.2 Å². The molecule has 0 bridgehead atoms. The zero-order chi connectivity index (χ0) is 17.4. The molecule has 9 heteroatoms. The molecule has 0 aliphatic heterocycles. The summed E-state index contributed by atoms with van der Waals surface area (Å²) >= 11 is 5.73. The zero-order valence-corrected chi connectivity index (χ0v) is 15.2. The van der Waals surface area contributed by atoms with Crippen LogP contribution < -0.4 is 4.72 Å². The first kappa shape index (κ1) is 18.0. The quantitative estimate of drug-likeness (QED) is 0.852. The van der Waals surface area contributed by atoms with Crippen LogP contribution >= 0.6 is 11.6 Å². The average Bonchev–Trinajstić information content (AvgIpc) is 2.82. The highest BCUT2D eigenvalue weighted by atomic mass is 35.5. The van der Waals surface area contributed by atoms with Gasteiger partial charge in [-0.15, -0.1) is 5.10 Å². The first-order valence-electron chi connectivity index (χ1n) is 7.03. The average molecular weight is 360 g/mol. The molecule has 2 rings (SSSR count). The Kier molecular flexibility index (Phi) is 5.17. The third-order valence-corrected chi connectivity index (χ3v) is 5.13. The van der Waals surface area contributed by atoms with Crippen molar-refractivity contribution in [1.82, 2.24) is 24.7 Å². The second-order valence-corrected chi connectivity index (χ2v) is 8.48. The highest BCUT2D eigenvalue weighted by molar-refractivity contribution is 7.84. The van der Waals surface area contributed by atoms with E-state index in [2.05, 4.69) is 20.0 Å². The van der Waals surface area contributed by atoms with E-state index >= 15 is 0 Å². The minimum atomic E-state index is -1.29.